The molecule has 0 radical (unpaired) electrons. The van der Waals surface area contributed by atoms with Gasteiger partial charge in [0, 0.05) is 27.9 Å². The lowest BCUT2D eigenvalue weighted by Gasteiger charge is -2.45. The van der Waals surface area contributed by atoms with Gasteiger partial charge in [0.1, 0.15) is 11.7 Å². The highest BCUT2D eigenvalue weighted by Crippen LogP contribution is 2.41. The molecule has 3 aromatic rings. The zero-order valence-corrected chi connectivity index (χ0v) is 23.4. The molecule has 0 aliphatic carbocycles. The second-order valence-corrected chi connectivity index (χ2v) is 9.59. The first-order valence-electron chi connectivity index (χ1n) is 13.3. The number of ether oxygens (including phenoxy) is 6. The minimum absolute atomic E-state index is 0.124. The Hall–Kier alpha value is -4.05. The smallest absolute Gasteiger partial charge is 0.303 e. The van der Waals surface area contributed by atoms with Gasteiger partial charge in [-0.15, -0.1) is 0 Å². The maximum atomic E-state index is 12.2. The van der Waals surface area contributed by atoms with Crippen molar-refractivity contribution in [2.75, 3.05) is 13.7 Å². The maximum Gasteiger partial charge on any atom is 0.303 e. The highest BCUT2D eigenvalue weighted by molar-refractivity contribution is 5.68. The van der Waals surface area contributed by atoms with Crippen LogP contribution in [0.1, 0.15) is 37.5 Å². The van der Waals surface area contributed by atoms with Crippen molar-refractivity contribution in [1.29, 1.82) is 0 Å². The number of esters is 3. The summed E-state index contributed by atoms with van der Waals surface area (Å²) in [6.45, 7) is 3.53. The first-order chi connectivity index (χ1) is 19.8. The summed E-state index contributed by atoms with van der Waals surface area (Å²) in [5.41, 5.74) is 1.47. The third-order valence-corrected chi connectivity index (χ3v) is 6.73. The third kappa shape index (κ3) is 6.82. The van der Waals surface area contributed by atoms with Crippen molar-refractivity contribution in [3.05, 3.63) is 108 Å². The molecule has 0 saturated carbocycles. The summed E-state index contributed by atoms with van der Waals surface area (Å²) < 4.78 is 35.2. The first kappa shape index (κ1) is 29.9. The Bertz CT molecular complexity index is 1200. The predicted octanol–water partition coefficient (Wildman–Crippen LogP) is 4.16. The van der Waals surface area contributed by atoms with E-state index in [-0.39, 0.29) is 6.61 Å². The summed E-state index contributed by atoms with van der Waals surface area (Å²) >= 11 is 0. The van der Waals surface area contributed by atoms with Crippen LogP contribution in [-0.2, 0) is 48.4 Å². The number of benzene rings is 3. The van der Waals surface area contributed by atoms with Gasteiger partial charge in [-0.2, -0.15) is 0 Å². The zero-order chi connectivity index (χ0) is 29.4. The van der Waals surface area contributed by atoms with E-state index in [1.807, 2.05) is 91.0 Å². The topological polar surface area (TPSA) is 107 Å². The van der Waals surface area contributed by atoms with E-state index in [9.17, 15) is 14.4 Å². The van der Waals surface area contributed by atoms with E-state index < -0.39 is 54.2 Å². The molecular formula is C32H34O9. The molecule has 9 nitrogen and oxygen atoms in total. The predicted molar refractivity (Wildman–Crippen MR) is 147 cm³/mol. The summed E-state index contributed by atoms with van der Waals surface area (Å²) in [5.74, 6) is -1.95. The Balaban J connectivity index is 1.80. The van der Waals surface area contributed by atoms with Crippen LogP contribution < -0.4 is 0 Å². The maximum absolute atomic E-state index is 12.2. The second-order valence-electron chi connectivity index (χ2n) is 9.59. The van der Waals surface area contributed by atoms with Gasteiger partial charge in [0.15, 0.2) is 24.6 Å². The van der Waals surface area contributed by atoms with Crippen LogP contribution in [-0.4, -0.2) is 62.3 Å². The molecule has 3 aromatic carbocycles. The van der Waals surface area contributed by atoms with Gasteiger partial charge in [0.25, 0.3) is 0 Å². The van der Waals surface area contributed by atoms with Gasteiger partial charge in [0.05, 0.1) is 6.61 Å². The van der Waals surface area contributed by atoms with Crippen LogP contribution in [0.15, 0.2) is 91.0 Å². The average Bonchev–Trinajstić information content (AvgIpc) is 2.97. The molecule has 0 spiro atoms. The molecule has 1 fully saturated rings. The van der Waals surface area contributed by atoms with E-state index in [1.165, 1.54) is 27.9 Å². The number of hydrogen-bond donors (Lipinski definition) is 0. The molecule has 1 heterocycles. The average molecular weight is 563 g/mol. The number of carbonyl (C=O) groups excluding carboxylic acids is 3. The second kappa shape index (κ2) is 13.5. The van der Waals surface area contributed by atoms with Crippen LogP contribution in [0, 0.1) is 0 Å². The van der Waals surface area contributed by atoms with Crippen LogP contribution in [0.25, 0.3) is 0 Å². The summed E-state index contributed by atoms with van der Waals surface area (Å²) in [4.78, 5) is 36.3. The fraction of sp³-hybridized carbons (Fsp3) is 0.344. The van der Waals surface area contributed by atoms with Crippen LogP contribution in [0.4, 0.5) is 0 Å². The lowest BCUT2D eigenvalue weighted by Crippen LogP contribution is -2.63. The Kier molecular flexibility index (Phi) is 9.88. The molecule has 0 bridgehead atoms. The van der Waals surface area contributed by atoms with Gasteiger partial charge in [-0.25, -0.2) is 0 Å². The molecule has 4 rings (SSSR count). The molecule has 0 amide bonds. The molecule has 1 aliphatic heterocycles. The molecule has 0 aromatic heterocycles. The third-order valence-electron chi connectivity index (χ3n) is 6.73. The van der Waals surface area contributed by atoms with Gasteiger partial charge < -0.3 is 28.4 Å². The van der Waals surface area contributed by atoms with E-state index in [1.54, 1.807) is 0 Å². The molecule has 41 heavy (non-hydrogen) atoms. The Labute approximate surface area is 239 Å². The fourth-order valence-corrected chi connectivity index (χ4v) is 5.15. The van der Waals surface area contributed by atoms with Gasteiger partial charge in [-0.05, 0) is 16.7 Å². The number of rotatable bonds is 10. The van der Waals surface area contributed by atoms with E-state index in [2.05, 4.69) is 0 Å². The minimum Gasteiger partial charge on any atom is -0.456 e. The first-order valence-corrected chi connectivity index (χ1v) is 13.3. The van der Waals surface area contributed by atoms with Crippen molar-refractivity contribution in [2.24, 2.45) is 0 Å². The highest BCUT2D eigenvalue weighted by Gasteiger charge is 2.53. The van der Waals surface area contributed by atoms with Crippen molar-refractivity contribution in [2.45, 2.75) is 57.1 Å². The number of hydrogen-bond acceptors (Lipinski definition) is 9. The Morgan fingerprint density at radius 2 is 1.02 bits per heavy atom. The molecule has 216 valence electrons. The molecule has 9 heteroatoms. The van der Waals surface area contributed by atoms with Crippen molar-refractivity contribution in [3.8, 4) is 0 Å². The lowest BCUT2D eigenvalue weighted by molar-refractivity contribution is -0.306. The monoisotopic (exact) mass is 562 g/mol. The van der Waals surface area contributed by atoms with Gasteiger partial charge in [-0.3, -0.25) is 14.4 Å². The molecule has 0 unspecified atom stereocenters. The van der Waals surface area contributed by atoms with Crippen molar-refractivity contribution >= 4 is 17.9 Å². The van der Waals surface area contributed by atoms with Crippen LogP contribution in [0.3, 0.4) is 0 Å². The normalized spacial score (nSPS) is 22.4. The minimum atomic E-state index is -1.22. The van der Waals surface area contributed by atoms with Crippen molar-refractivity contribution in [1.82, 2.24) is 0 Å². The molecule has 1 saturated heterocycles. The zero-order valence-electron chi connectivity index (χ0n) is 23.4. The van der Waals surface area contributed by atoms with Crippen LogP contribution in [0.2, 0.25) is 0 Å². The summed E-state index contributed by atoms with van der Waals surface area (Å²) in [6.07, 6.45) is -5.69. The molecule has 5 atom stereocenters. The Morgan fingerprint density at radius 3 is 1.41 bits per heavy atom. The standard InChI is InChI=1S/C32H34O9/c1-21(33)38-28-27(41-31(36-4)30(40-23(3)35)29(28)39-22(2)34)20-37-32(24-14-8-5-9-15-24,25-16-10-6-11-17-25)26-18-12-7-13-19-26/h5-19,27-31H,20H2,1-4H3/t27-,28+,29+,30-,31+/m0/s1. The van der Waals surface area contributed by atoms with Gasteiger partial charge >= 0.3 is 17.9 Å². The van der Waals surface area contributed by atoms with Crippen molar-refractivity contribution < 1.29 is 42.8 Å². The van der Waals surface area contributed by atoms with Crippen LogP contribution in [0.5, 0.6) is 0 Å². The van der Waals surface area contributed by atoms with Crippen LogP contribution >= 0.6 is 0 Å². The largest absolute Gasteiger partial charge is 0.456 e. The van der Waals surface area contributed by atoms with E-state index >= 15 is 0 Å². The quantitative estimate of drug-likeness (QED) is 0.205. The van der Waals surface area contributed by atoms with Crippen molar-refractivity contribution in [3.63, 3.8) is 0 Å². The number of carbonyl (C=O) groups is 3. The lowest BCUT2D eigenvalue weighted by atomic mass is 9.80. The highest BCUT2D eigenvalue weighted by atomic mass is 16.7. The van der Waals surface area contributed by atoms with E-state index in [0.29, 0.717) is 0 Å². The van der Waals surface area contributed by atoms with Gasteiger partial charge in [0.2, 0.25) is 0 Å². The summed E-state index contributed by atoms with van der Waals surface area (Å²) in [6, 6.07) is 29.2. The molecular weight excluding hydrogens is 528 g/mol. The van der Waals surface area contributed by atoms with E-state index in [0.717, 1.165) is 16.7 Å². The SMILES string of the molecule is CO[C@@H]1O[C@@H](COC(c2ccccc2)(c2ccccc2)c2ccccc2)[C@@H](OC(C)=O)[C@@H](OC(C)=O)[C@@H]1OC(C)=O. The summed E-state index contributed by atoms with van der Waals surface area (Å²) in [5, 5.41) is 0. The molecule has 0 N–H and O–H groups in total. The number of methoxy groups -OCH3 is 1. The van der Waals surface area contributed by atoms with E-state index in [4.69, 9.17) is 28.4 Å². The molecule has 1 aliphatic rings. The summed E-state index contributed by atoms with van der Waals surface area (Å²) in [7, 11) is 1.37. The van der Waals surface area contributed by atoms with Gasteiger partial charge in [-0.1, -0.05) is 91.0 Å². The Morgan fingerprint density at radius 1 is 0.634 bits per heavy atom. The fourth-order valence-electron chi connectivity index (χ4n) is 5.15.